The van der Waals surface area contributed by atoms with E-state index in [0.717, 1.165) is 13.1 Å². The van der Waals surface area contributed by atoms with E-state index in [1.807, 2.05) is 6.92 Å². The third-order valence-electron chi connectivity index (χ3n) is 9.92. The summed E-state index contributed by atoms with van der Waals surface area (Å²) >= 11 is 0. The Balaban J connectivity index is 2.27. The first kappa shape index (κ1) is 43.1. The number of unbranched alkanes of at least 4 members (excludes halogenated alkanes) is 26. The molecule has 0 amide bonds. The largest absolute Gasteiger partial charge is 0.378 e. The van der Waals surface area contributed by atoms with E-state index in [-0.39, 0.29) is 0 Å². The number of aliphatic hydroxyl groups is 1. The van der Waals surface area contributed by atoms with Crippen LogP contribution in [0.3, 0.4) is 0 Å². The molecule has 0 saturated heterocycles. The lowest BCUT2D eigenvalue weighted by Crippen LogP contribution is -2.30. The summed E-state index contributed by atoms with van der Waals surface area (Å²) in [5.41, 5.74) is 2.64. The number of rotatable bonds is 36. The third kappa shape index (κ3) is 28.1. The summed E-state index contributed by atoms with van der Waals surface area (Å²) in [6.45, 7) is 10.9. The van der Waals surface area contributed by atoms with Crippen LogP contribution in [0.25, 0.3) is 0 Å². The van der Waals surface area contributed by atoms with Crippen molar-refractivity contribution < 1.29 is 5.11 Å². The van der Waals surface area contributed by atoms with Gasteiger partial charge in [0.05, 0.1) is 0 Å². The predicted octanol–water partition coefficient (Wildman–Crippen LogP) is 12.9. The number of hydrogen-bond donors (Lipinski definition) is 2. The fourth-order valence-corrected chi connectivity index (χ4v) is 6.97. The molecule has 0 fully saturated rings. The smallest absolute Gasteiger partial charge is 0.108 e. The Bertz CT molecular complexity index is 705. The van der Waals surface area contributed by atoms with Gasteiger partial charge in [-0.05, 0) is 43.6 Å². The third-order valence-corrected chi connectivity index (χ3v) is 9.92. The summed E-state index contributed by atoms with van der Waals surface area (Å²) in [4.78, 5) is 2.72. The van der Waals surface area contributed by atoms with Crippen molar-refractivity contribution in [2.24, 2.45) is 0 Å². The first-order chi connectivity index (χ1) is 22.7. The summed E-state index contributed by atoms with van der Waals surface area (Å²) < 4.78 is 0. The number of hydrogen-bond acceptors (Lipinski definition) is 3. The fraction of sp³-hybridized carbons (Fsp3) is 0.860. The highest BCUT2D eigenvalue weighted by Crippen LogP contribution is 2.17. The van der Waals surface area contributed by atoms with Crippen molar-refractivity contribution in [1.82, 2.24) is 10.2 Å². The monoisotopic (exact) mass is 643 g/mol. The van der Waals surface area contributed by atoms with Crippen LogP contribution in [0.4, 0.5) is 0 Å². The molecule has 3 heteroatoms. The van der Waals surface area contributed by atoms with Gasteiger partial charge < -0.3 is 5.11 Å². The lowest BCUT2D eigenvalue weighted by Gasteiger charge is -2.23. The second-order valence-corrected chi connectivity index (χ2v) is 14.6. The molecule has 1 aromatic carbocycles. The number of benzene rings is 1. The molecule has 2 N–H and O–H groups in total. The Kier molecular flexibility index (Phi) is 31.9. The Hall–Kier alpha value is -0.900. The highest BCUT2D eigenvalue weighted by atomic mass is 16.3. The average molecular weight is 643 g/mol. The minimum absolute atomic E-state index is 0.456. The van der Waals surface area contributed by atoms with E-state index in [9.17, 15) is 5.11 Å². The van der Waals surface area contributed by atoms with Crippen molar-refractivity contribution in [3.8, 4) is 0 Å². The summed E-state index contributed by atoms with van der Waals surface area (Å²) in [6, 6.07) is 8.95. The number of likely N-dealkylation sites (N-methyl/N-ethyl adjacent to an activating group) is 1. The Labute approximate surface area is 289 Å². The molecule has 1 aromatic rings. The van der Waals surface area contributed by atoms with E-state index < -0.39 is 6.23 Å². The highest BCUT2D eigenvalue weighted by molar-refractivity contribution is 5.24. The molecule has 1 atom stereocenters. The SMILES string of the molecule is CCCCCCCCCCCCCCCCN(CCCCCCCCCCCCCCCC)Cc1cccc(CC(O)NCC)c1. The van der Waals surface area contributed by atoms with Gasteiger partial charge in [0, 0.05) is 13.0 Å². The molecule has 1 unspecified atom stereocenters. The zero-order chi connectivity index (χ0) is 33.2. The summed E-state index contributed by atoms with van der Waals surface area (Å²) in [5.74, 6) is 0. The number of nitrogens with one attached hydrogen (secondary N) is 1. The fourth-order valence-electron chi connectivity index (χ4n) is 6.97. The van der Waals surface area contributed by atoms with Crippen molar-refractivity contribution in [3.05, 3.63) is 35.4 Å². The van der Waals surface area contributed by atoms with Crippen LogP contribution >= 0.6 is 0 Å². The van der Waals surface area contributed by atoms with Crippen LogP contribution in [0, 0.1) is 0 Å². The molecule has 0 heterocycles. The second kappa shape index (κ2) is 34.0. The zero-order valence-electron chi connectivity index (χ0n) is 31.6. The van der Waals surface area contributed by atoms with Crippen molar-refractivity contribution in [2.75, 3.05) is 19.6 Å². The first-order valence-electron chi connectivity index (χ1n) is 20.9. The molecule has 0 bridgehead atoms. The van der Waals surface area contributed by atoms with Crippen LogP contribution in [-0.2, 0) is 13.0 Å². The van der Waals surface area contributed by atoms with E-state index >= 15 is 0 Å². The number of aliphatic hydroxyl groups excluding tert-OH is 1. The van der Waals surface area contributed by atoms with Gasteiger partial charge in [-0.1, -0.05) is 212 Å². The predicted molar refractivity (Wildman–Crippen MR) is 206 cm³/mol. The van der Waals surface area contributed by atoms with Crippen molar-refractivity contribution in [3.63, 3.8) is 0 Å². The lowest BCUT2D eigenvalue weighted by molar-refractivity contribution is 0.140. The molecule has 0 spiro atoms. The average Bonchev–Trinajstić information content (AvgIpc) is 3.05. The van der Waals surface area contributed by atoms with Gasteiger partial charge in [-0.25, -0.2) is 0 Å². The van der Waals surface area contributed by atoms with Crippen molar-refractivity contribution in [1.29, 1.82) is 0 Å². The second-order valence-electron chi connectivity index (χ2n) is 14.6. The summed E-state index contributed by atoms with van der Waals surface area (Å²) in [7, 11) is 0. The summed E-state index contributed by atoms with van der Waals surface area (Å²) in [6.07, 6.45) is 40.0. The van der Waals surface area contributed by atoms with Crippen LogP contribution in [0.15, 0.2) is 24.3 Å². The molecule has 270 valence electrons. The quantitative estimate of drug-likeness (QED) is 0.0565. The maximum atomic E-state index is 10.2. The maximum absolute atomic E-state index is 10.2. The van der Waals surface area contributed by atoms with Gasteiger partial charge in [0.2, 0.25) is 0 Å². The van der Waals surface area contributed by atoms with Gasteiger partial charge in [-0.2, -0.15) is 0 Å². The normalized spacial score (nSPS) is 12.4. The minimum atomic E-state index is -0.456. The van der Waals surface area contributed by atoms with E-state index in [1.165, 1.54) is 204 Å². The van der Waals surface area contributed by atoms with Gasteiger partial charge in [0.25, 0.3) is 0 Å². The molecule has 3 nitrogen and oxygen atoms in total. The van der Waals surface area contributed by atoms with Gasteiger partial charge in [0.15, 0.2) is 0 Å². The number of nitrogens with zero attached hydrogens (tertiary/aromatic N) is 1. The minimum Gasteiger partial charge on any atom is -0.378 e. The van der Waals surface area contributed by atoms with Crippen LogP contribution in [0.5, 0.6) is 0 Å². The Morgan fingerprint density at radius 3 is 1.22 bits per heavy atom. The van der Waals surface area contributed by atoms with Gasteiger partial charge in [-0.15, -0.1) is 0 Å². The Morgan fingerprint density at radius 1 is 0.500 bits per heavy atom. The van der Waals surface area contributed by atoms with Gasteiger partial charge >= 0.3 is 0 Å². The van der Waals surface area contributed by atoms with Crippen molar-refractivity contribution in [2.45, 2.75) is 220 Å². The maximum Gasteiger partial charge on any atom is 0.108 e. The van der Waals surface area contributed by atoms with E-state index in [4.69, 9.17) is 0 Å². The molecule has 0 aliphatic rings. The van der Waals surface area contributed by atoms with Crippen LogP contribution < -0.4 is 5.32 Å². The summed E-state index contributed by atoms with van der Waals surface area (Å²) in [5, 5.41) is 13.4. The van der Waals surface area contributed by atoms with Crippen LogP contribution in [0.1, 0.15) is 212 Å². The van der Waals surface area contributed by atoms with Gasteiger partial charge in [0.1, 0.15) is 6.23 Å². The van der Waals surface area contributed by atoms with Crippen LogP contribution in [-0.4, -0.2) is 35.9 Å². The molecular weight excluding hydrogens is 560 g/mol. The lowest BCUT2D eigenvalue weighted by atomic mass is 10.0. The van der Waals surface area contributed by atoms with Crippen molar-refractivity contribution >= 4 is 0 Å². The van der Waals surface area contributed by atoms with E-state index in [2.05, 4.69) is 48.3 Å². The molecule has 0 saturated carbocycles. The van der Waals surface area contributed by atoms with Gasteiger partial charge in [-0.3, -0.25) is 10.2 Å². The molecule has 0 aliphatic heterocycles. The molecule has 0 aliphatic carbocycles. The highest BCUT2D eigenvalue weighted by Gasteiger charge is 2.09. The molecule has 0 radical (unpaired) electrons. The Morgan fingerprint density at radius 2 is 0.848 bits per heavy atom. The zero-order valence-corrected chi connectivity index (χ0v) is 31.6. The topological polar surface area (TPSA) is 35.5 Å². The van der Waals surface area contributed by atoms with E-state index in [0.29, 0.717) is 6.42 Å². The molecular formula is C43H82N2O. The molecule has 46 heavy (non-hydrogen) atoms. The van der Waals surface area contributed by atoms with Crippen LogP contribution in [0.2, 0.25) is 0 Å². The van der Waals surface area contributed by atoms with E-state index in [1.54, 1.807) is 0 Å². The molecule has 0 aromatic heterocycles. The molecule has 1 rings (SSSR count). The standard InChI is InChI=1S/C43H82N2O/c1-4-7-9-11-13-15-17-19-21-23-25-27-29-31-36-45(40-42-35-33-34-41(38-42)39-43(46)44-6-3)37-32-30-28-26-24-22-20-18-16-14-12-10-8-5-2/h33-35,38,43-44,46H,4-32,36-37,39-40H2,1-3H3. The first-order valence-corrected chi connectivity index (χ1v) is 20.9.